The number of ether oxygens (including phenoxy) is 1. The van der Waals surface area contributed by atoms with Crippen LogP contribution >= 0.6 is 0 Å². The van der Waals surface area contributed by atoms with E-state index in [0.29, 0.717) is 25.1 Å². The number of likely N-dealkylation sites (tertiary alicyclic amines) is 1. The number of aliphatic imine (C=N–C) groups is 1. The number of nitrogens with zero attached hydrogens (tertiary/aromatic N) is 2. The number of hydrogen-bond acceptors (Lipinski definition) is 3. The van der Waals surface area contributed by atoms with E-state index in [4.69, 9.17) is 16.2 Å². The van der Waals surface area contributed by atoms with Gasteiger partial charge in [0.1, 0.15) is 6.17 Å². The molecule has 0 radical (unpaired) electrons. The number of benzene rings is 2. The second kappa shape index (κ2) is 7.81. The molecule has 0 spiro atoms. The number of guanidine groups is 1. The normalized spacial score (nSPS) is 19.6. The van der Waals surface area contributed by atoms with Crippen LogP contribution in [0, 0.1) is 0 Å². The van der Waals surface area contributed by atoms with Gasteiger partial charge in [0.2, 0.25) is 0 Å². The number of carbonyl (C=O) groups excluding carboxylic acids is 1. The van der Waals surface area contributed by atoms with Gasteiger partial charge in [-0.3, -0.25) is 4.79 Å². The van der Waals surface area contributed by atoms with Gasteiger partial charge in [-0.05, 0) is 17.7 Å². The van der Waals surface area contributed by atoms with Crippen LogP contribution in [0.3, 0.4) is 0 Å². The maximum atomic E-state index is 12.8. The minimum Gasteiger partial charge on any atom is -0.372 e. The van der Waals surface area contributed by atoms with Crippen molar-refractivity contribution in [3.63, 3.8) is 0 Å². The first-order chi connectivity index (χ1) is 12.1. The number of carbonyl (C=O) groups is 1. The van der Waals surface area contributed by atoms with Crippen molar-refractivity contribution in [1.29, 1.82) is 0 Å². The van der Waals surface area contributed by atoms with E-state index in [9.17, 15) is 4.79 Å². The van der Waals surface area contributed by atoms with Gasteiger partial charge in [-0.1, -0.05) is 48.5 Å². The summed E-state index contributed by atoms with van der Waals surface area (Å²) in [6, 6.07) is 19.0. The number of hydrogen-bond donors (Lipinski definition) is 2. The second-order valence-electron chi connectivity index (χ2n) is 6.01. The molecule has 2 aromatic rings. The van der Waals surface area contributed by atoms with Crippen molar-refractivity contribution in [1.82, 2.24) is 4.90 Å². The molecule has 1 heterocycles. The predicted octanol–water partition coefficient (Wildman–Crippen LogP) is 1.72. The van der Waals surface area contributed by atoms with Gasteiger partial charge >= 0.3 is 0 Å². The van der Waals surface area contributed by atoms with Gasteiger partial charge < -0.3 is 21.1 Å². The molecule has 1 aliphatic heterocycles. The molecule has 6 nitrogen and oxygen atoms in total. The van der Waals surface area contributed by atoms with E-state index in [1.54, 1.807) is 17.0 Å². The molecule has 0 unspecified atom stereocenters. The SMILES string of the molecule is NC(N)=N[C@H]1C[C@@H](OCc2ccccc2)CN1C(=O)c1ccccc1. The first-order valence-electron chi connectivity index (χ1n) is 8.24. The van der Waals surface area contributed by atoms with Crippen molar-refractivity contribution >= 4 is 11.9 Å². The third-order valence-electron chi connectivity index (χ3n) is 4.14. The van der Waals surface area contributed by atoms with E-state index in [2.05, 4.69) is 4.99 Å². The second-order valence-corrected chi connectivity index (χ2v) is 6.01. The van der Waals surface area contributed by atoms with Gasteiger partial charge in [0.25, 0.3) is 5.91 Å². The lowest BCUT2D eigenvalue weighted by molar-refractivity contribution is 0.0437. The van der Waals surface area contributed by atoms with Crippen molar-refractivity contribution in [3.05, 3.63) is 71.8 Å². The summed E-state index contributed by atoms with van der Waals surface area (Å²) in [6.07, 6.45) is 0.0583. The molecule has 0 saturated carbocycles. The van der Waals surface area contributed by atoms with Gasteiger partial charge in [0.05, 0.1) is 12.7 Å². The van der Waals surface area contributed by atoms with Gasteiger partial charge in [-0.2, -0.15) is 0 Å². The molecule has 130 valence electrons. The zero-order chi connectivity index (χ0) is 17.6. The molecule has 1 saturated heterocycles. The quantitative estimate of drug-likeness (QED) is 0.641. The monoisotopic (exact) mass is 338 g/mol. The van der Waals surface area contributed by atoms with E-state index in [1.807, 2.05) is 48.5 Å². The van der Waals surface area contributed by atoms with Crippen LogP contribution in [0.5, 0.6) is 0 Å². The van der Waals surface area contributed by atoms with E-state index < -0.39 is 6.17 Å². The van der Waals surface area contributed by atoms with Crippen molar-refractivity contribution in [2.24, 2.45) is 16.5 Å². The molecule has 2 aromatic carbocycles. The number of rotatable bonds is 5. The van der Waals surface area contributed by atoms with Crippen molar-refractivity contribution in [2.45, 2.75) is 25.3 Å². The summed E-state index contributed by atoms with van der Waals surface area (Å²) in [6.45, 7) is 0.954. The molecule has 0 bridgehead atoms. The summed E-state index contributed by atoms with van der Waals surface area (Å²) >= 11 is 0. The Morgan fingerprint density at radius 2 is 1.72 bits per heavy atom. The molecular formula is C19H22N4O2. The van der Waals surface area contributed by atoms with Crippen LogP contribution in [0.4, 0.5) is 0 Å². The zero-order valence-electron chi connectivity index (χ0n) is 13.9. The van der Waals surface area contributed by atoms with E-state index >= 15 is 0 Å². The van der Waals surface area contributed by atoms with E-state index in [-0.39, 0.29) is 18.0 Å². The molecule has 2 atom stereocenters. The smallest absolute Gasteiger partial charge is 0.255 e. The van der Waals surface area contributed by atoms with Gasteiger partial charge in [-0.15, -0.1) is 0 Å². The minimum absolute atomic E-state index is 0.0282. The highest BCUT2D eigenvalue weighted by Gasteiger charge is 2.36. The minimum atomic E-state index is -0.404. The number of nitrogens with two attached hydrogens (primary N) is 2. The summed E-state index contributed by atoms with van der Waals surface area (Å²) in [7, 11) is 0. The van der Waals surface area contributed by atoms with E-state index in [0.717, 1.165) is 5.56 Å². The third kappa shape index (κ3) is 4.36. The maximum absolute atomic E-state index is 12.8. The largest absolute Gasteiger partial charge is 0.372 e. The molecule has 4 N–H and O–H groups in total. The first kappa shape index (κ1) is 17.0. The average molecular weight is 338 g/mol. The Hall–Kier alpha value is -2.86. The van der Waals surface area contributed by atoms with E-state index in [1.165, 1.54) is 0 Å². The number of amides is 1. The highest BCUT2D eigenvalue weighted by Crippen LogP contribution is 2.24. The average Bonchev–Trinajstić information content (AvgIpc) is 3.03. The molecule has 3 rings (SSSR count). The Bertz CT molecular complexity index is 730. The van der Waals surface area contributed by atoms with Crippen molar-refractivity contribution in [3.8, 4) is 0 Å². The summed E-state index contributed by atoms with van der Waals surface area (Å²) in [4.78, 5) is 18.7. The first-order valence-corrected chi connectivity index (χ1v) is 8.24. The Kier molecular flexibility index (Phi) is 5.30. The van der Waals surface area contributed by atoms with Gasteiger partial charge in [-0.25, -0.2) is 4.99 Å². The Labute approximate surface area is 147 Å². The van der Waals surface area contributed by atoms with Crippen LogP contribution in [0.1, 0.15) is 22.3 Å². The lowest BCUT2D eigenvalue weighted by Gasteiger charge is -2.21. The molecular weight excluding hydrogens is 316 g/mol. The van der Waals surface area contributed by atoms with Crippen molar-refractivity contribution < 1.29 is 9.53 Å². The summed E-state index contributed by atoms with van der Waals surface area (Å²) in [5, 5.41) is 0. The highest BCUT2D eigenvalue weighted by molar-refractivity contribution is 5.94. The maximum Gasteiger partial charge on any atom is 0.255 e. The fourth-order valence-corrected chi connectivity index (χ4v) is 2.95. The topological polar surface area (TPSA) is 93.9 Å². The van der Waals surface area contributed by atoms with Gasteiger partial charge in [0.15, 0.2) is 5.96 Å². The standard InChI is InChI=1S/C19H22N4O2/c20-19(21)22-17-11-16(25-13-14-7-3-1-4-8-14)12-23(17)18(24)15-9-5-2-6-10-15/h1-10,16-17H,11-13H2,(H4,20,21,22)/t16-,17-/m1/s1. The highest BCUT2D eigenvalue weighted by atomic mass is 16.5. The van der Waals surface area contributed by atoms with Crippen LogP contribution in [-0.2, 0) is 11.3 Å². The lowest BCUT2D eigenvalue weighted by atomic mass is 10.2. The fraction of sp³-hybridized carbons (Fsp3) is 0.263. The summed E-state index contributed by atoms with van der Waals surface area (Å²) < 4.78 is 5.97. The van der Waals surface area contributed by atoms with Crippen molar-refractivity contribution in [2.75, 3.05) is 6.54 Å². The molecule has 0 aromatic heterocycles. The Morgan fingerprint density at radius 3 is 2.36 bits per heavy atom. The lowest BCUT2D eigenvalue weighted by Crippen LogP contribution is -2.37. The Balaban J connectivity index is 1.70. The predicted molar refractivity (Wildman–Crippen MR) is 96.7 cm³/mol. The molecule has 1 amide bonds. The molecule has 1 aliphatic rings. The van der Waals surface area contributed by atoms with Crippen LogP contribution in [0.15, 0.2) is 65.7 Å². The summed E-state index contributed by atoms with van der Waals surface area (Å²) in [5.74, 6) is -0.124. The van der Waals surface area contributed by atoms with Crippen LogP contribution in [-0.4, -0.2) is 35.6 Å². The molecule has 1 fully saturated rings. The van der Waals surface area contributed by atoms with Crippen LogP contribution < -0.4 is 11.5 Å². The van der Waals surface area contributed by atoms with Crippen LogP contribution in [0.25, 0.3) is 0 Å². The van der Waals surface area contributed by atoms with Crippen LogP contribution in [0.2, 0.25) is 0 Å². The third-order valence-corrected chi connectivity index (χ3v) is 4.14. The Morgan fingerprint density at radius 1 is 1.08 bits per heavy atom. The molecule has 6 heteroatoms. The zero-order valence-corrected chi connectivity index (χ0v) is 13.9. The summed E-state index contributed by atoms with van der Waals surface area (Å²) in [5.41, 5.74) is 12.8. The van der Waals surface area contributed by atoms with Gasteiger partial charge in [0, 0.05) is 18.5 Å². The fourth-order valence-electron chi connectivity index (χ4n) is 2.95. The molecule has 0 aliphatic carbocycles. The molecule has 25 heavy (non-hydrogen) atoms.